The van der Waals surface area contributed by atoms with Gasteiger partial charge in [0.15, 0.2) is 0 Å². The summed E-state index contributed by atoms with van der Waals surface area (Å²) in [5, 5.41) is 0. The molecule has 0 aliphatic rings. The van der Waals surface area contributed by atoms with Crippen LogP contribution in [0.25, 0.3) is 0 Å². The van der Waals surface area contributed by atoms with Crippen LogP contribution in [0.2, 0.25) is 0 Å². The average Bonchev–Trinajstić information content (AvgIpc) is 2.42. The fourth-order valence-corrected chi connectivity index (χ4v) is 2.45. The first-order chi connectivity index (χ1) is 9.62. The minimum Gasteiger partial charge on any atom is -0.246 e. The van der Waals surface area contributed by atoms with E-state index in [4.69, 9.17) is 0 Å². The largest absolute Gasteiger partial charge is 1.00 e. The molecular weight excluding hydrogens is 303 g/mol. The average molecular weight is 333 g/mol. The van der Waals surface area contributed by atoms with Crippen molar-refractivity contribution in [3.63, 3.8) is 0 Å². The second-order valence-electron chi connectivity index (χ2n) is 4.89. The molecule has 21 heavy (non-hydrogen) atoms. The molecule has 0 unspecified atom stereocenters. The van der Waals surface area contributed by atoms with E-state index in [1.54, 1.807) is 6.92 Å². The van der Waals surface area contributed by atoms with Gasteiger partial charge in [-0.05, 0) is 13.3 Å². The molecule has 0 rings (SSSR count). The second kappa shape index (κ2) is 17.2. The van der Waals surface area contributed by atoms with E-state index in [0.717, 1.165) is 19.3 Å². The van der Waals surface area contributed by atoms with Gasteiger partial charge >= 0.3 is 40.0 Å². The van der Waals surface area contributed by atoms with Crippen molar-refractivity contribution in [2.45, 2.75) is 78.1 Å². The molecule has 0 bridgehead atoms. The van der Waals surface area contributed by atoms with E-state index in [0.29, 0.717) is 0 Å². The standard InChI is InChI=1S/C14H30O5S.Na/c1-3-5-6-7-8-9-10-11-12-13-14-18-20(15,16)19-17-4-2;/h3-14H2,1-2H3;/q;+1. The predicted octanol–water partition coefficient (Wildman–Crippen LogP) is 1.14. The van der Waals surface area contributed by atoms with Gasteiger partial charge in [-0.15, -0.1) is 0 Å². The summed E-state index contributed by atoms with van der Waals surface area (Å²) in [5.41, 5.74) is 0. The van der Waals surface area contributed by atoms with E-state index in [-0.39, 0.29) is 42.8 Å². The van der Waals surface area contributed by atoms with Crippen LogP contribution >= 0.6 is 0 Å². The zero-order valence-corrected chi connectivity index (χ0v) is 16.8. The molecule has 0 aromatic rings. The van der Waals surface area contributed by atoms with Gasteiger partial charge in [0.25, 0.3) is 0 Å². The van der Waals surface area contributed by atoms with Crippen LogP contribution in [0.1, 0.15) is 78.1 Å². The van der Waals surface area contributed by atoms with Crippen LogP contribution in [0.5, 0.6) is 0 Å². The maximum Gasteiger partial charge on any atom is 1.00 e. The Labute approximate surface area is 152 Å². The van der Waals surface area contributed by atoms with E-state index < -0.39 is 10.4 Å². The molecule has 122 valence electrons. The van der Waals surface area contributed by atoms with Gasteiger partial charge in [-0.25, -0.2) is 9.07 Å². The van der Waals surface area contributed by atoms with Crippen LogP contribution in [0.4, 0.5) is 0 Å². The molecule has 0 heterocycles. The van der Waals surface area contributed by atoms with Crippen LogP contribution in [0.15, 0.2) is 0 Å². The van der Waals surface area contributed by atoms with E-state index in [1.807, 2.05) is 0 Å². The molecule has 7 heteroatoms. The summed E-state index contributed by atoms with van der Waals surface area (Å²) in [4.78, 5) is 4.34. The molecule has 0 aliphatic heterocycles. The molecule has 0 N–H and O–H groups in total. The molecule has 0 aromatic carbocycles. The van der Waals surface area contributed by atoms with Gasteiger partial charge < -0.3 is 0 Å². The van der Waals surface area contributed by atoms with Crippen LogP contribution in [0, 0.1) is 0 Å². The van der Waals surface area contributed by atoms with Gasteiger partial charge in [0.2, 0.25) is 0 Å². The Morgan fingerprint density at radius 3 is 1.71 bits per heavy atom. The molecule has 0 radical (unpaired) electrons. The normalized spacial score (nSPS) is 11.3. The number of hydrogen-bond donors (Lipinski definition) is 0. The molecule has 5 nitrogen and oxygen atoms in total. The van der Waals surface area contributed by atoms with Crippen molar-refractivity contribution in [1.82, 2.24) is 0 Å². The molecule has 0 aromatic heterocycles. The van der Waals surface area contributed by atoms with Crippen molar-refractivity contribution < 1.29 is 51.4 Å². The Kier molecular flexibility index (Phi) is 19.7. The van der Waals surface area contributed by atoms with Crippen LogP contribution in [-0.2, 0) is 23.8 Å². The van der Waals surface area contributed by atoms with Crippen LogP contribution in [0.3, 0.4) is 0 Å². The van der Waals surface area contributed by atoms with Crippen molar-refractivity contribution in [3.05, 3.63) is 0 Å². The number of rotatable bonds is 15. The number of hydrogen-bond acceptors (Lipinski definition) is 5. The van der Waals surface area contributed by atoms with E-state index in [2.05, 4.69) is 20.3 Å². The fourth-order valence-electron chi connectivity index (χ4n) is 1.88. The second-order valence-corrected chi connectivity index (χ2v) is 6.08. The van der Waals surface area contributed by atoms with Crippen molar-refractivity contribution in [2.24, 2.45) is 0 Å². The van der Waals surface area contributed by atoms with E-state index >= 15 is 0 Å². The monoisotopic (exact) mass is 333 g/mol. The summed E-state index contributed by atoms with van der Waals surface area (Å²) in [6.45, 7) is 4.19. The van der Waals surface area contributed by atoms with Crippen molar-refractivity contribution in [1.29, 1.82) is 0 Å². The molecule has 0 atom stereocenters. The van der Waals surface area contributed by atoms with E-state index in [9.17, 15) is 8.42 Å². The SMILES string of the molecule is CCCCCCCCCCCCOS(=O)(=O)OOCC.[Na+]. The quantitative estimate of drug-likeness (QED) is 0.195. The van der Waals surface area contributed by atoms with Crippen LogP contribution < -0.4 is 29.6 Å². The first kappa shape index (κ1) is 24.1. The van der Waals surface area contributed by atoms with Gasteiger partial charge in [-0.2, -0.15) is 8.42 Å². The first-order valence-corrected chi connectivity index (χ1v) is 9.16. The molecular formula is C14H30NaO5S+. The van der Waals surface area contributed by atoms with Crippen molar-refractivity contribution in [2.75, 3.05) is 13.2 Å². The summed E-state index contributed by atoms with van der Waals surface area (Å²) >= 11 is 0. The maximum atomic E-state index is 11.1. The Bertz CT molecular complexity index is 296. The predicted molar refractivity (Wildman–Crippen MR) is 79.4 cm³/mol. The third-order valence-electron chi connectivity index (χ3n) is 2.97. The van der Waals surface area contributed by atoms with Crippen molar-refractivity contribution >= 4 is 10.4 Å². The number of unbranched alkanes of at least 4 members (excludes halogenated alkanes) is 9. The van der Waals surface area contributed by atoms with Gasteiger partial charge in [-0.3, -0.25) is 0 Å². The molecule has 0 spiro atoms. The van der Waals surface area contributed by atoms with Gasteiger partial charge in [0, 0.05) is 0 Å². The Morgan fingerprint density at radius 2 is 1.24 bits per heavy atom. The Hall–Kier alpha value is 0.830. The zero-order chi connectivity index (χ0) is 15.1. The summed E-state index contributed by atoms with van der Waals surface area (Å²) in [5.74, 6) is 0. The van der Waals surface area contributed by atoms with E-state index in [1.165, 1.54) is 44.9 Å². The molecule has 0 amide bonds. The molecule has 0 fully saturated rings. The first-order valence-electron chi connectivity index (χ1n) is 7.82. The minimum absolute atomic E-state index is 0. The van der Waals surface area contributed by atoms with Gasteiger partial charge in [-0.1, -0.05) is 69.0 Å². The summed E-state index contributed by atoms with van der Waals surface area (Å²) in [7, 11) is -3.98. The maximum absolute atomic E-state index is 11.1. The summed E-state index contributed by atoms with van der Waals surface area (Å²) < 4.78 is 30.9. The topological polar surface area (TPSA) is 61.8 Å². The van der Waals surface area contributed by atoms with Gasteiger partial charge in [0.1, 0.15) is 0 Å². The fraction of sp³-hybridized carbons (Fsp3) is 1.00. The molecule has 0 aliphatic carbocycles. The Morgan fingerprint density at radius 1 is 0.762 bits per heavy atom. The third kappa shape index (κ3) is 18.8. The third-order valence-corrected chi connectivity index (χ3v) is 3.69. The minimum atomic E-state index is -3.98. The van der Waals surface area contributed by atoms with Crippen molar-refractivity contribution in [3.8, 4) is 0 Å². The zero-order valence-electron chi connectivity index (χ0n) is 13.9. The Balaban J connectivity index is 0. The van der Waals surface area contributed by atoms with Gasteiger partial charge in [0.05, 0.1) is 13.2 Å². The summed E-state index contributed by atoms with van der Waals surface area (Å²) in [6, 6.07) is 0. The smallest absolute Gasteiger partial charge is 0.246 e. The summed E-state index contributed by atoms with van der Waals surface area (Å²) in [6.07, 6.45) is 12.0. The van der Waals surface area contributed by atoms with Crippen LogP contribution in [-0.4, -0.2) is 21.6 Å². The molecule has 0 saturated carbocycles. The molecule has 0 saturated heterocycles.